The Labute approximate surface area is 253 Å². The van der Waals surface area contributed by atoms with Crippen molar-refractivity contribution in [3.8, 4) is 17.7 Å². The monoisotopic (exact) mass is 600 g/mol. The van der Waals surface area contributed by atoms with E-state index in [4.69, 9.17) is 24.5 Å². The maximum Gasteiger partial charge on any atom is 0.335 e. The molecule has 3 atom stereocenters. The summed E-state index contributed by atoms with van der Waals surface area (Å²) >= 11 is 0. The number of halogens is 1. The number of likely N-dealkylation sites (tertiary alicyclic amines) is 1. The average molecular weight is 601 g/mol. The highest BCUT2D eigenvalue weighted by Gasteiger charge is 2.29. The zero-order chi connectivity index (χ0) is 30.6. The van der Waals surface area contributed by atoms with Gasteiger partial charge in [-0.05, 0) is 62.6 Å². The van der Waals surface area contributed by atoms with Gasteiger partial charge in [0.1, 0.15) is 18.5 Å². The minimum Gasteiger partial charge on any atom is -0.483 e. The van der Waals surface area contributed by atoms with Gasteiger partial charge in [0.15, 0.2) is 17.4 Å². The summed E-state index contributed by atoms with van der Waals surface area (Å²) in [6, 6.07) is 12.9. The van der Waals surface area contributed by atoms with Gasteiger partial charge in [-0.1, -0.05) is 0 Å². The molecule has 2 aromatic heterocycles. The third-order valence-corrected chi connectivity index (χ3v) is 8.23. The Bertz CT molecular complexity index is 1700. The maximum atomic E-state index is 14.2. The zero-order valence-corrected chi connectivity index (χ0v) is 24.4. The number of carbonyl (C=O) groups is 1. The molecule has 0 unspecified atom stereocenters. The summed E-state index contributed by atoms with van der Waals surface area (Å²) in [5, 5.41) is 18.5. The lowest BCUT2D eigenvalue weighted by Crippen LogP contribution is -2.44. The van der Waals surface area contributed by atoms with E-state index < -0.39 is 11.8 Å². The van der Waals surface area contributed by atoms with E-state index in [0.717, 1.165) is 61.9 Å². The lowest BCUT2D eigenvalue weighted by atomic mass is 10.0. The van der Waals surface area contributed by atoms with Gasteiger partial charge in [0.05, 0.1) is 41.4 Å². The number of fused-ring (bicyclic) bond motifs is 1. The van der Waals surface area contributed by atoms with Crippen LogP contribution < -0.4 is 9.47 Å². The van der Waals surface area contributed by atoms with Gasteiger partial charge >= 0.3 is 5.97 Å². The van der Waals surface area contributed by atoms with Gasteiger partial charge in [0.25, 0.3) is 0 Å². The number of aromatic carboxylic acids is 1. The molecular formula is C32H33FN6O5. The molecule has 2 aromatic carbocycles. The van der Waals surface area contributed by atoms with Crippen LogP contribution in [0.3, 0.4) is 0 Å². The number of ether oxygens (including phenoxy) is 3. The summed E-state index contributed by atoms with van der Waals surface area (Å²) in [5.41, 5.74) is 2.09. The molecule has 4 aromatic rings. The lowest BCUT2D eigenvalue weighted by molar-refractivity contribution is 0.0534. The van der Waals surface area contributed by atoms with Gasteiger partial charge in [0, 0.05) is 43.9 Å². The van der Waals surface area contributed by atoms with E-state index >= 15 is 0 Å². The highest BCUT2D eigenvalue weighted by Crippen LogP contribution is 2.27. The molecule has 4 heterocycles. The SMILES string of the molecule is C[C@H]1C[C@@H](Oc2ccnc(COc3ccc(C#N)cc3F)n2)CCN1Cc1nc2ccc(C(=O)O)cc2n1C[C@@H]1CCOC1. The van der Waals surface area contributed by atoms with Gasteiger partial charge in [-0.15, -0.1) is 0 Å². The van der Waals surface area contributed by atoms with Crippen LogP contribution in [0.1, 0.15) is 53.8 Å². The molecule has 228 valence electrons. The third kappa shape index (κ3) is 6.64. The summed E-state index contributed by atoms with van der Waals surface area (Å²) in [6.45, 7) is 5.73. The second-order valence-electron chi connectivity index (χ2n) is 11.3. The number of rotatable bonds is 10. The molecular weight excluding hydrogens is 567 g/mol. The molecule has 2 saturated heterocycles. The molecule has 1 N–H and O–H groups in total. The molecule has 0 spiro atoms. The van der Waals surface area contributed by atoms with E-state index in [-0.39, 0.29) is 35.6 Å². The van der Waals surface area contributed by atoms with Gasteiger partial charge in [-0.2, -0.15) is 10.2 Å². The molecule has 11 nitrogen and oxygen atoms in total. The van der Waals surface area contributed by atoms with E-state index in [2.05, 4.69) is 26.4 Å². The smallest absolute Gasteiger partial charge is 0.335 e. The van der Waals surface area contributed by atoms with Gasteiger partial charge < -0.3 is 23.9 Å². The Morgan fingerprint density at radius 3 is 2.84 bits per heavy atom. The van der Waals surface area contributed by atoms with Crippen LogP contribution >= 0.6 is 0 Å². The maximum absolute atomic E-state index is 14.2. The van der Waals surface area contributed by atoms with Crippen molar-refractivity contribution in [1.82, 2.24) is 24.4 Å². The highest BCUT2D eigenvalue weighted by molar-refractivity contribution is 5.92. The van der Waals surface area contributed by atoms with Crippen LogP contribution in [0, 0.1) is 23.1 Å². The van der Waals surface area contributed by atoms with Crippen LogP contribution in [0.5, 0.6) is 11.6 Å². The molecule has 0 amide bonds. The van der Waals surface area contributed by atoms with Crippen molar-refractivity contribution < 1.29 is 28.5 Å². The molecule has 6 rings (SSSR count). The fourth-order valence-electron chi connectivity index (χ4n) is 5.83. The minimum absolute atomic E-state index is 0.0209. The molecule has 0 radical (unpaired) electrons. The first-order valence-corrected chi connectivity index (χ1v) is 14.7. The number of imidazole rings is 1. The van der Waals surface area contributed by atoms with Gasteiger partial charge in [0.2, 0.25) is 5.88 Å². The van der Waals surface area contributed by atoms with Crippen molar-refractivity contribution in [1.29, 1.82) is 5.26 Å². The fraction of sp³-hybridized carbons (Fsp3) is 0.406. The fourth-order valence-corrected chi connectivity index (χ4v) is 5.83. The Morgan fingerprint density at radius 1 is 1.20 bits per heavy atom. The third-order valence-electron chi connectivity index (χ3n) is 8.23. The molecule has 44 heavy (non-hydrogen) atoms. The number of nitrogens with zero attached hydrogens (tertiary/aromatic N) is 6. The van der Waals surface area contributed by atoms with E-state index in [0.29, 0.717) is 30.8 Å². The molecule has 12 heteroatoms. The Hall–Kier alpha value is -4.60. The van der Waals surface area contributed by atoms with Crippen molar-refractivity contribution in [2.45, 2.75) is 58.0 Å². The van der Waals surface area contributed by atoms with Crippen LogP contribution in [0.15, 0.2) is 48.7 Å². The van der Waals surface area contributed by atoms with Gasteiger partial charge in [-0.3, -0.25) is 4.90 Å². The summed E-state index contributed by atoms with van der Waals surface area (Å²) in [7, 11) is 0. The summed E-state index contributed by atoms with van der Waals surface area (Å²) in [4.78, 5) is 27.6. The van der Waals surface area contributed by atoms with Crippen LogP contribution in [-0.4, -0.2) is 67.4 Å². The number of piperidine rings is 1. The second-order valence-corrected chi connectivity index (χ2v) is 11.3. The summed E-state index contributed by atoms with van der Waals surface area (Å²) in [6.07, 6.45) is 4.08. The number of aromatic nitrogens is 4. The molecule has 2 aliphatic heterocycles. The van der Waals surface area contributed by atoms with Crippen LogP contribution in [0.4, 0.5) is 4.39 Å². The van der Waals surface area contributed by atoms with E-state index in [9.17, 15) is 14.3 Å². The quantitative estimate of drug-likeness (QED) is 0.275. The molecule has 0 aliphatic carbocycles. The predicted molar refractivity (Wildman–Crippen MR) is 157 cm³/mol. The van der Waals surface area contributed by atoms with Gasteiger partial charge in [-0.25, -0.2) is 19.2 Å². The number of carboxylic acids is 1. The van der Waals surface area contributed by atoms with Crippen LogP contribution in [0.25, 0.3) is 11.0 Å². The second kappa shape index (κ2) is 13.0. The molecule has 0 saturated carbocycles. The zero-order valence-electron chi connectivity index (χ0n) is 24.4. The van der Waals surface area contributed by atoms with Crippen molar-refractivity contribution in [3.05, 3.63) is 77.3 Å². The first-order chi connectivity index (χ1) is 21.4. The van der Waals surface area contributed by atoms with E-state index in [1.807, 2.05) is 6.07 Å². The highest BCUT2D eigenvalue weighted by atomic mass is 19.1. The summed E-state index contributed by atoms with van der Waals surface area (Å²) in [5.74, 6) is 0.513. The van der Waals surface area contributed by atoms with Crippen molar-refractivity contribution in [2.75, 3.05) is 19.8 Å². The van der Waals surface area contributed by atoms with Crippen molar-refractivity contribution in [3.63, 3.8) is 0 Å². The Kier molecular flexibility index (Phi) is 8.67. The molecule has 2 fully saturated rings. The first kappa shape index (κ1) is 29.5. The topological polar surface area (TPSA) is 136 Å². The average Bonchev–Trinajstić information content (AvgIpc) is 3.66. The predicted octanol–water partition coefficient (Wildman–Crippen LogP) is 4.58. The lowest BCUT2D eigenvalue weighted by Gasteiger charge is -2.37. The van der Waals surface area contributed by atoms with Crippen LogP contribution in [0.2, 0.25) is 0 Å². The van der Waals surface area contributed by atoms with E-state index in [1.54, 1.807) is 30.5 Å². The number of nitriles is 1. The molecule has 0 bridgehead atoms. The number of benzene rings is 2. The standard InChI is InChI=1S/C32H33FN6O5/c1-20-12-24(44-31-6-9-35-29(37-31)19-43-28-5-2-21(15-34)13-25(28)33)7-10-38(20)17-30-36-26-4-3-23(32(40)41)14-27(26)39(30)16-22-8-11-42-18-22/h2-6,9,13-14,20,22,24H,7-8,10-12,16-19H2,1H3,(H,40,41)/t20-,22-,24-/m0/s1. The minimum atomic E-state index is -0.954. The summed E-state index contributed by atoms with van der Waals surface area (Å²) < 4.78 is 33.7. The molecule has 2 aliphatic rings. The first-order valence-electron chi connectivity index (χ1n) is 14.7. The Morgan fingerprint density at radius 2 is 2.09 bits per heavy atom. The number of carboxylic acid groups (broad SMARTS) is 1. The Balaban J connectivity index is 1.09. The van der Waals surface area contributed by atoms with E-state index in [1.165, 1.54) is 12.1 Å². The van der Waals surface area contributed by atoms with Crippen molar-refractivity contribution in [2.24, 2.45) is 5.92 Å². The van der Waals surface area contributed by atoms with Crippen LogP contribution in [-0.2, 0) is 24.4 Å². The normalized spacial score (nSPS) is 20.4. The number of hydrogen-bond donors (Lipinski definition) is 1. The number of hydrogen-bond acceptors (Lipinski definition) is 9. The largest absolute Gasteiger partial charge is 0.483 e. The van der Waals surface area contributed by atoms with Crippen molar-refractivity contribution >= 4 is 17.0 Å².